The van der Waals surface area contributed by atoms with E-state index >= 15 is 0 Å². The van der Waals surface area contributed by atoms with Crippen molar-refractivity contribution in [3.63, 3.8) is 0 Å². The summed E-state index contributed by atoms with van der Waals surface area (Å²) < 4.78 is 0. The van der Waals surface area contributed by atoms with Crippen LogP contribution >= 0.6 is 0 Å². The lowest BCUT2D eigenvalue weighted by molar-refractivity contribution is 0.112. The van der Waals surface area contributed by atoms with Crippen LogP contribution in [0.2, 0.25) is 0 Å². The van der Waals surface area contributed by atoms with Gasteiger partial charge in [-0.15, -0.1) is 0 Å². The molecule has 1 aromatic carbocycles. The van der Waals surface area contributed by atoms with Crippen molar-refractivity contribution >= 4 is 12.0 Å². The first-order valence-corrected chi connectivity index (χ1v) is 7.45. The smallest absolute Gasteiger partial charge is 0.152 e. The highest BCUT2D eigenvalue weighted by molar-refractivity contribution is 5.85. The molecular formula is C17H25NO. The van der Waals surface area contributed by atoms with E-state index in [2.05, 4.69) is 30.9 Å². The third-order valence-electron chi connectivity index (χ3n) is 4.97. The van der Waals surface area contributed by atoms with Crippen LogP contribution in [0.3, 0.4) is 0 Å². The highest BCUT2D eigenvalue weighted by atomic mass is 16.1. The maximum absolute atomic E-state index is 11.2. The first-order chi connectivity index (χ1) is 9.14. The molecule has 1 fully saturated rings. The fraction of sp³-hybridized carbons (Fsp3) is 0.588. The fourth-order valence-corrected chi connectivity index (χ4v) is 3.24. The normalized spacial score (nSPS) is 18.4. The molecule has 2 rings (SSSR count). The third kappa shape index (κ3) is 2.83. The van der Waals surface area contributed by atoms with Crippen molar-refractivity contribution in [1.82, 2.24) is 0 Å². The summed E-state index contributed by atoms with van der Waals surface area (Å²) in [5, 5.41) is 0. The van der Waals surface area contributed by atoms with Crippen molar-refractivity contribution in [2.75, 3.05) is 18.0 Å². The molecule has 1 heterocycles. The van der Waals surface area contributed by atoms with Gasteiger partial charge in [0.15, 0.2) is 6.29 Å². The van der Waals surface area contributed by atoms with Crippen LogP contribution in [-0.4, -0.2) is 19.4 Å². The average Bonchev–Trinajstić information content (AvgIpc) is 2.47. The Hall–Kier alpha value is -1.31. The van der Waals surface area contributed by atoms with Crippen molar-refractivity contribution in [1.29, 1.82) is 0 Å². The molecule has 1 saturated heterocycles. The van der Waals surface area contributed by atoms with E-state index in [0.29, 0.717) is 5.41 Å². The van der Waals surface area contributed by atoms with Gasteiger partial charge in [-0.2, -0.15) is 0 Å². The molecule has 0 amide bonds. The van der Waals surface area contributed by atoms with Crippen LogP contribution in [0.15, 0.2) is 18.2 Å². The highest BCUT2D eigenvalue weighted by Crippen LogP contribution is 2.39. The predicted octanol–water partition coefficient (Wildman–Crippen LogP) is 4.21. The zero-order valence-corrected chi connectivity index (χ0v) is 12.4. The van der Waals surface area contributed by atoms with Gasteiger partial charge in [0.2, 0.25) is 0 Å². The maximum Gasteiger partial charge on any atom is 0.152 e. The summed E-state index contributed by atoms with van der Waals surface area (Å²) in [6, 6.07) is 6.19. The molecule has 0 atom stereocenters. The van der Waals surface area contributed by atoms with Gasteiger partial charge in [-0.05, 0) is 37.3 Å². The van der Waals surface area contributed by atoms with E-state index in [4.69, 9.17) is 0 Å². The molecule has 0 radical (unpaired) electrons. The van der Waals surface area contributed by atoms with E-state index in [9.17, 15) is 4.79 Å². The van der Waals surface area contributed by atoms with E-state index in [0.717, 1.165) is 36.2 Å². The Morgan fingerprint density at radius 3 is 2.37 bits per heavy atom. The van der Waals surface area contributed by atoms with E-state index in [-0.39, 0.29) is 0 Å². The third-order valence-corrected chi connectivity index (χ3v) is 4.97. The second kappa shape index (κ2) is 5.77. The topological polar surface area (TPSA) is 20.3 Å². The number of aryl methyl sites for hydroxylation is 1. The minimum absolute atomic E-state index is 0.530. The minimum atomic E-state index is 0.530. The molecule has 0 saturated carbocycles. The number of hydrogen-bond acceptors (Lipinski definition) is 2. The standard InChI is InChI=1S/C17H25NO/c1-4-17(5-2)8-10-18(11-9-17)16-7-6-14(3)12-15(16)13-19/h6-7,12-13H,4-5,8-11H2,1-3H3. The number of hydrogen-bond donors (Lipinski definition) is 0. The summed E-state index contributed by atoms with van der Waals surface area (Å²) in [7, 11) is 0. The molecular weight excluding hydrogens is 234 g/mol. The van der Waals surface area contributed by atoms with Gasteiger partial charge in [0.05, 0.1) is 0 Å². The number of rotatable bonds is 4. The molecule has 104 valence electrons. The van der Waals surface area contributed by atoms with Gasteiger partial charge < -0.3 is 4.90 Å². The molecule has 0 N–H and O–H groups in total. The fourth-order valence-electron chi connectivity index (χ4n) is 3.24. The van der Waals surface area contributed by atoms with Crippen LogP contribution in [0.5, 0.6) is 0 Å². The molecule has 1 aliphatic rings. The Balaban J connectivity index is 2.16. The summed E-state index contributed by atoms with van der Waals surface area (Å²) in [5.41, 5.74) is 3.63. The molecule has 0 bridgehead atoms. The predicted molar refractivity (Wildman–Crippen MR) is 81.0 cm³/mol. The van der Waals surface area contributed by atoms with Gasteiger partial charge in [0, 0.05) is 24.3 Å². The number of benzene rings is 1. The van der Waals surface area contributed by atoms with Gasteiger partial charge in [-0.3, -0.25) is 4.79 Å². The molecule has 1 aliphatic heterocycles. The SMILES string of the molecule is CCC1(CC)CCN(c2ccc(C)cc2C=O)CC1. The number of carbonyl (C=O) groups excluding carboxylic acids is 1. The van der Waals surface area contributed by atoms with Crippen LogP contribution in [0.25, 0.3) is 0 Å². The monoisotopic (exact) mass is 259 g/mol. The first-order valence-electron chi connectivity index (χ1n) is 7.45. The van der Waals surface area contributed by atoms with Crippen LogP contribution < -0.4 is 4.90 Å². The van der Waals surface area contributed by atoms with Gasteiger partial charge in [-0.1, -0.05) is 38.3 Å². The lowest BCUT2D eigenvalue weighted by Gasteiger charge is -2.42. The van der Waals surface area contributed by atoms with Crippen LogP contribution in [0, 0.1) is 12.3 Å². The summed E-state index contributed by atoms with van der Waals surface area (Å²) in [6.45, 7) is 8.80. The molecule has 0 spiro atoms. The van der Waals surface area contributed by atoms with E-state index in [1.54, 1.807) is 0 Å². The number of aldehydes is 1. The average molecular weight is 259 g/mol. The second-order valence-corrected chi connectivity index (χ2v) is 5.87. The van der Waals surface area contributed by atoms with Gasteiger partial charge >= 0.3 is 0 Å². The molecule has 2 heteroatoms. The summed E-state index contributed by atoms with van der Waals surface area (Å²) in [5.74, 6) is 0. The Kier molecular flexibility index (Phi) is 4.28. The zero-order valence-electron chi connectivity index (χ0n) is 12.4. The quantitative estimate of drug-likeness (QED) is 0.755. The first kappa shape index (κ1) is 14.1. The van der Waals surface area contributed by atoms with E-state index < -0.39 is 0 Å². The van der Waals surface area contributed by atoms with E-state index in [1.165, 1.54) is 25.7 Å². The Morgan fingerprint density at radius 2 is 1.84 bits per heavy atom. The largest absolute Gasteiger partial charge is 0.371 e. The minimum Gasteiger partial charge on any atom is -0.371 e. The van der Waals surface area contributed by atoms with Gasteiger partial charge in [0.1, 0.15) is 0 Å². The molecule has 1 aromatic rings. The number of carbonyl (C=O) groups is 1. The Labute approximate surface area is 116 Å². The van der Waals surface area contributed by atoms with Crippen LogP contribution in [0.4, 0.5) is 5.69 Å². The van der Waals surface area contributed by atoms with Crippen molar-refractivity contribution in [2.45, 2.75) is 46.5 Å². The van der Waals surface area contributed by atoms with Crippen molar-refractivity contribution in [2.24, 2.45) is 5.41 Å². The van der Waals surface area contributed by atoms with Gasteiger partial charge in [-0.25, -0.2) is 0 Å². The molecule has 0 aromatic heterocycles. The molecule has 19 heavy (non-hydrogen) atoms. The highest BCUT2D eigenvalue weighted by Gasteiger charge is 2.31. The Morgan fingerprint density at radius 1 is 1.21 bits per heavy atom. The zero-order chi connectivity index (χ0) is 13.9. The number of piperidine rings is 1. The number of anilines is 1. The lowest BCUT2D eigenvalue weighted by atomic mass is 9.74. The maximum atomic E-state index is 11.2. The summed E-state index contributed by atoms with van der Waals surface area (Å²) >= 11 is 0. The van der Waals surface area contributed by atoms with Crippen molar-refractivity contribution < 1.29 is 4.79 Å². The molecule has 0 aliphatic carbocycles. The lowest BCUT2D eigenvalue weighted by Crippen LogP contribution is -2.40. The molecule has 0 unspecified atom stereocenters. The molecule has 2 nitrogen and oxygen atoms in total. The van der Waals surface area contributed by atoms with Crippen LogP contribution in [-0.2, 0) is 0 Å². The Bertz CT molecular complexity index is 439. The van der Waals surface area contributed by atoms with Crippen LogP contribution in [0.1, 0.15) is 55.5 Å². The summed E-state index contributed by atoms with van der Waals surface area (Å²) in [4.78, 5) is 13.6. The van der Waals surface area contributed by atoms with Crippen molar-refractivity contribution in [3.05, 3.63) is 29.3 Å². The second-order valence-electron chi connectivity index (χ2n) is 5.87. The van der Waals surface area contributed by atoms with Crippen molar-refractivity contribution in [3.8, 4) is 0 Å². The van der Waals surface area contributed by atoms with Gasteiger partial charge in [0.25, 0.3) is 0 Å². The number of nitrogens with zero attached hydrogens (tertiary/aromatic N) is 1. The van der Waals surface area contributed by atoms with E-state index in [1.807, 2.05) is 13.0 Å². The summed E-state index contributed by atoms with van der Waals surface area (Å²) in [6.07, 6.45) is 6.01.